The van der Waals surface area contributed by atoms with Gasteiger partial charge in [-0.1, -0.05) is 6.92 Å². The van der Waals surface area contributed by atoms with Gasteiger partial charge in [-0.2, -0.15) is 0 Å². The first-order valence-corrected chi connectivity index (χ1v) is 5.53. The lowest BCUT2D eigenvalue weighted by Crippen LogP contribution is -2.27. The fourth-order valence-electron chi connectivity index (χ4n) is 1.94. The number of rotatable bonds is 1. The maximum atomic E-state index is 3.51. The van der Waals surface area contributed by atoms with Gasteiger partial charge in [0.1, 0.15) is 0 Å². The summed E-state index contributed by atoms with van der Waals surface area (Å²) < 4.78 is 0. The van der Waals surface area contributed by atoms with E-state index in [9.17, 15) is 0 Å². The van der Waals surface area contributed by atoms with E-state index in [1.807, 2.05) is 11.3 Å². The van der Waals surface area contributed by atoms with E-state index < -0.39 is 0 Å². The fraction of sp³-hybridized carbons (Fsp3) is 0.600. The molecule has 1 N–H and O–H groups in total. The molecular weight excluding hydrogens is 166 g/mol. The summed E-state index contributed by atoms with van der Waals surface area (Å²) in [4.78, 5) is 1.61. The molecule has 0 saturated heterocycles. The van der Waals surface area contributed by atoms with Crippen LogP contribution < -0.4 is 5.32 Å². The third kappa shape index (κ3) is 1.19. The monoisotopic (exact) mass is 181 g/mol. The summed E-state index contributed by atoms with van der Waals surface area (Å²) in [7, 11) is 0. The predicted molar refractivity (Wildman–Crippen MR) is 53.8 cm³/mol. The zero-order valence-electron chi connectivity index (χ0n) is 7.68. The van der Waals surface area contributed by atoms with Crippen molar-refractivity contribution in [3.63, 3.8) is 0 Å². The quantitative estimate of drug-likeness (QED) is 0.702. The molecule has 0 spiro atoms. The van der Waals surface area contributed by atoms with Crippen LogP contribution in [0.4, 0.5) is 0 Å². The molecule has 0 bridgehead atoms. The molecule has 1 aliphatic rings. The Labute approximate surface area is 77.8 Å². The van der Waals surface area contributed by atoms with Crippen molar-refractivity contribution in [3.8, 4) is 0 Å². The highest BCUT2D eigenvalue weighted by Gasteiger charge is 2.19. The first kappa shape index (κ1) is 8.27. The Morgan fingerprint density at radius 3 is 3.25 bits per heavy atom. The van der Waals surface area contributed by atoms with E-state index in [2.05, 4.69) is 24.5 Å². The van der Waals surface area contributed by atoms with E-state index in [1.165, 1.54) is 12.8 Å². The Morgan fingerprint density at radius 1 is 1.67 bits per heavy atom. The van der Waals surface area contributed by atoms with E-state index >= 15 is 0 Å². The van der Waals surface area contributed by atoms with E-state index in [0.29, 0.717) is 6.04 Å². The molecular formula is C10H15NS. The highest BCUT2D eigenvalue weighted by molar-refractivity contribution is 7.10. The van der Waals surface area contributed by atoms with Crippen molar-refractivity contribution in [3.05, 3.63) is 21.4 Å². The van der Waals surface area contributed by atoms with Crippen molar-refractivity contribution in [1.82, 2.24) is 5.32 Å². The van der Waals surface area contributed by atoms with Crippen LogP contribution in [0.5, 0.6) is 0 Å². The van der Waals surface area contributed by atoms with Gasteiger partial charge in [0.05, 0.1) is 0 Å². The van der Waals surface area contributed by atoms with Crippen molar-refractivity contribution in [1.29, 1.82) is 0 Å². The van der Waals surface area contributed by atoms with Crippen LogP contribution in [0, 0.1) is 0 Å². The highest BCUT2D eigenvalue weighted by atomic mass is 32.1. The Morgan fingerprint density at radius 2 is 2.50 bits per heavy atom. The molecule has 66 valence electrons. The number of hydrogen-bond acceptors (Lipinski definition) is 2. The topological polar surface area (TPSA) is 12.0 Å². The Hall–Kier alpha value is -0.340. The Balaban J connectivity index is 2.43. The summed E-state index contributed by atoms with van der Waals surface area (Å²) in [6.45, 7) is 5.66. The third-order valence-corrected chi connectivity index (χ3v) is 3.72. The van der Waals surface area contributed by atoms with Gasteiger partial charge in [-0.05, 0) is 36.3 Å². The minimum atomic E-state index is 0.579. The molecule has 2 heterocycles. The van der Waals surface area contributed by atoms with Gasteiger partial charge in [0.25, 0.3) is 0 Å². The second-order valence-corrected chi connectivity index (χ2v) is 4.34. The smallest absolute Gasteiger partial charge is 0.0305 e. The standard InChI is InChI=1S/C10H15NS/c1-3-8-6-12-9-4-5-11-7(2)10(8)9/h6-7,11H,3-5H2,1-2H3. The SMILES string of the molecule is CCc1csc2c1C(C)NCC2. The van der Waals surface area contributed by atoms with Crippen LogP contribution in [0.1, 0.15) is 35.9 Å². The zero-order valence-corrected chi connectivity index (χ0v) is 8.50. The number of fused-ring (bicyclic) bond motifs is 1. The van der Waals surface area contributed by atoms with E-state index in [-0.39, 0.29) is 0 Å². The summed E-state index contributed by atoms with van der Waals surface area (Å²) in [5.74, 6) is 0. The van der Waals surface area contributed by atoms with Gasteiger partial charge in [-0.25, -0.2) is 0 Å². The molecule has 1 aromatic heterocycles. The molecule has 1 nitrogen and oxygen atoms in total. The summed E-state index contributed by atoms with van der Waals surface area (Å²) >= 11 is 1.94. The lowest BCUT2D eigenvalue weighted by molar-refractivity contribution is 0.543. The lowest BCUT2D eigenvalue weighted by atomic mass is 9.98. The number of thiophene rings is 1. The van der Waals surface area contributed by atoms with Crippen LogP contribution in [0.2, 0.25) is 0 Å². The van der Waals surface area contributed by atoms with Crippen molar-refractivity contribution in [2.24, 2.45) is 0 Å². The van der Waals surface area contributed by atoms with Crippen molar-refractivity contribution in [2.75, 3.05) is 6.54 Å². The Kier molecular flexibility index (Phi) is 2.20. The van der Waals surface area contributed by atoms with Gasteiger partial charge < -0.3 is 5.32 Å². The van der Waals surface area contributed by atoms with Gasteiger partial charge in [0, 0.05) is 17.5 Å². The molecule has 1 aliphatic heterocycles. The first-order valence-electron chi connectivity index (χ1n) is 4.65. The molecule has 2 heteroatoms. The molecule has 0 aromatic carbocycles. The van der Waals surface area contributed by atoms with Crippen LogP contribution in [-0.4, -0.2) is 6.54 Å². The Bertz CT molecular complexity index is 264. The van der Waals surface area contributed by atoms with Crippen LogP contribution in [-0.2, 0) is 12.8 Å². The minimum absolute atomic E-state index is 0.579. The van der Waals surface area contributed by atoms with Crippen LogP contribution in [0.3, 0.4) is 0 Å². The van der Waals surface area contributed by atoms with Gasteiger partial charge >= 0.3 is 0 Å². The molecule has 0 aliphatic carbocycles. The van der Waals surface area contributed by atoms with Crippen molar-refractivity contribution >= 4 is 11.3 Å². The molecule has 0 radical (unpaired) electrons. The molecule has 1 atom stereocenters. The maximum absolute atomic E-state index is 3.51. The van der Waals surface area contributed by atoms with Gasteiger partial charge in [0.15, 0.2) is 0 Å². The highest BCUT2D eigenvalue weighted by Crippen LogP contribution is 2.31. The number of aryl methyl sites for hydroxylation is 1. The first-order chi connectivity index (χ1) is 5.83. The normalized spacial score (nSPS) is 22.3. The third-order valence-electron chi connectivity index (χ3n) is 2.61. The fourth-order valence-corrected chi connectivity index (χ4v) is 3.17. The summed E-state index contributed by atoms with van der Waals surface area (Å²) in [5, 5.41) is 5.83. The molecule has 2 rings (SSSR count). The average Bonchev–Trinajstić information content (AvgIpc) is 2.49. The van der Waals surface area contributed by atoms with Crippen LogP contribution >= 0.6 is 11.3 Å². The van der Waals surface area contributed by atoms with Gasteiger partial charge in [-0.3, -0.25) is 0 Å². The van der Waals surface area contributed by atoms with Crippen molar-refractivity contribution in [2.45, 2.75) is 32.7 Å². The van der Waals surface area contributed by atoms with Gasteiger partial charge in [-0.15, -0.1) is 11.3 Å². The molecule has 1 aromatic rings. The van der Waals surface area contributed by atoms with E-state index in [4.69, 9.17) is 0 Å². The summed E-state index contributed by atoms with van der Waals surface area (Å²) in [6.07, 6.45) is 2.40. The summed E-state index contributed by atoms with van der Waals surface area (Å²) in [6, 6.07) is 0.579. The predicted octanol–water partition coefficient (Wildman–Crippen LogP) is 2.52. The number of nitrogens with one attached hydrogen (secondary N) is 1. The zero-order chi connectivity index (χ0) is 8.55. The number of hydrogen-bond donors (Lipinski definition) is 1. The largest absolute Gasteiger partial charge is 0.310 e. The van der Waals surface area contributed by atoms with Crippen LogP contribution in [0.15, 0.2) is 5.38 Å². The molecule has 12 heavy (non-hydrogen) atoms. The second-order valence-electron chi connectivity index (χ2n) is 3.38. The van der Waals surface area contributed by atoms with Crippen LogP contribution in [0.25, 0.3) is 0 Å². The van der Waals surface area contributed by atoms with E-state index in [0.717, 1.165) is 6.54 Å². The minimum Gasteiger partial charge on any atom is -0.310 e. The summed E-state index contributed by atoms with van der Waals surface area (Å²) in [5.41, 5.74) is 3.14. The molecule has 0 fully saturated rings. The molecule has 0 saturated carbocycles. The van der Waals surface area contributed by atoms with E-state index in [1.54, 1.807) is 16.0 Å². The molecule has 1 unspecified atom stereocenters. The average molecular weight is 181 g/mol. The van der Waals surface area contributed by atoms with Crippen molar-refractivity contribution < 1.29 is 0 Å². The molecule has 0 amide bonds. The van der Waals surface area contributed by atoms with Gasteiger partial charge in [0.2, 0.25) is 0 Å². The second kappa shape index (κ2) is 3.19. The maximum Gasteiger partial charge on any atom is 0.0305 e. The lowest BCUT2D eigenvalue weighted by Gasteiger charge is -2.21.